The SMILES string of the molecule is O=P(O)(O)CS(=O)(=O)N1CCN(c2ccc(Cl)cn2)CC1. The van der Waals surface area contributed by atoms with E-state index >= 15 is 0 Å². The van der Waals surface area contributed by atoms with Crippen LogP contribution in [-0.4, -0.2) is 59.2 Å². The van der Waals surface area contributed by atoms with Gasteiger partial charge in [0, 0.05) is 32.4 Å². The molecule has 1 aliphatic rings. The third kappa shape index (κ3) is 4.64. The van der Waals surface area contributed by atoms with E-state index in [1.807, 2.05) is 4.90 Å². The van der Waals surface area contributed by atoms with Crippen LogP contribution in [0.3, 0.4) is 0 Å². The second-order valence-corrected chi connectivity index (χ2v) is 9.11. The highest BCUT2D eigenvalue weighted by Crippen LogP contribution is 2.37. The number of hydrogen-bond donors (Lipinski definition) is 2. The lowest BCUT2D eigenvalue weighted by Gasteiger charge is -2.34. The van der Waals surface area contributed by atoms with E-state index in [0.29, 0.717) is 23.9 Å². The van der Waals surface area contributed by atoms with Gasteiger partial charge in [-0.3, -0.25) is 4.57 Å². The van der Waals surface area contributed by atoms with Crippen LogP contribution >= 0.6 is 19.2 Å². The number of sulfonamides is 1. The van der Waals surface area contributed by atoms with Crippen LogP contribution < -0.4 is 4.90 Å². The minimum Gasteiger partial charge on any atom is -0.354 e. The van der Waals surface area contributed by atoms with Gasteiger partial charge < -0.3 is 14.7 Å². The van der Waals surface area contributed by atoms with Gasteiger partial charge in [0.1, 0.15) is 5.82 Å². The van der Waals surface area contributed by atoms with Crippen molar-refractivity contribution in [3.63, 3.8) is 0 Å². The summed E-state index contributed by atoms with van der Waals surface area (Å²) in [5.41, 5.74) is -1.15. The molecule has 2 heterocycles. The lowest BCUT2D eigenvalue weighted by atomic mass is 10.3. The molecular weight excluding hydrogens is 341 g/mol. The molecule has 1 aromatic heterocycles. The topological polar surface area (TPSA) is 111 Å². The number of anilines is 1. The molecule has 1 aliphatic heterocycles. The quantitative estimate of drug-likeness (QED) is 0.748. The highest BCUT2D eigenvalue weighted by atomic mass is 35.5. The molecule has 0 aliphatic carbocycles. The van der Waals surface area contributed by atoms with Gasteiger partial charge in [-0.05, 0) is 12.1 Å². The van der Waals surface area contributed by atoms with Crippen molar-refractivity contribution in [1.29, 1.82) is 0 Å². The molecule has 0 amide bonds. The monoisotopic (exact) mass is 355 g/mol. The first-order valence-electron chi connectivity index (χ1n) is 6.06. The molecule has 0 saturated carbocycles. The van der Waals surface area contributed by atoms with E-state index in [0.717, 1.165) is 4.31 Å². The Morgan fingerprint density at radius 1 is 1.24 bits per heavy atom. The summed E-state index contributed by atoms with van der Waals surface area (Å²) in [6.45, 7) is 1.11. The van der Waals surface area contributed by atoms with Crippen molar-refractivity contribution in [2.45, 2.75) is 0 Å². The smallest absolute Gasteiger partial charge is 0.341 e. The lowest BCUT2D eigenvalue weighted by Crippen LogP contribution is -2.49. The van der Waals surface area contributed by atoms with Gasteiger partial charge in [-0.15, -0.1) is 0 Å². The van der Waals surface area contributed by atoms with Gasteiger partial charge in [-0.25, -0.2) is 13.4 Å². The molecule has 118 valence electrons. The minimum atomic E-state index is -4.60. The minimum absolute atomic E-state index is 0.159. The molecule has 1 aromatic rings. The zero-order valence-electron chi connectivity index (χ0n) is 11.0. The van der Waals surface area contributed by atoms with Gasteiger partial charge in [0.05, 0.1) is 5.02 Å². The van der Waals surface area contributed by atoms with Crippen molar-refractivity contribution < 1.29 is 22.8 Å². The predicted molar refractivity (Wildman–Crippen MR) is 78.9 cm³/mol. The maximum Gasteiger partial charge on any atom is 0.341 e. The zero-order valence-corrected chi connectivity index (χ0v) is 13.4. The van der Waals surface area contributed by atoms with E-state index in [9.17, 15) is 13.0 Å². The third-order valence-electron chi connectivity index (χ3n) is 3.00. The van der Waals surface area contributed by atoms with Crippen LogP contribution in [0.5, 0.6) is 0 Å². The Balaban J connectivity index is 2.00. The molecule has 0 spiro atoms. The fourth-order valence-corrected chi connectivity index (χ4v) is 5.23. The molecular formula is C10H15ClN3O5PS. The maximum absolute atomic E-state index is 11.9. The van der Waals surface area contributed by atoms with E-state index < -0.39 is 23.1 Å². The Kier molecular flexibility index (Phi) is 4.92. The number of aromatic nitrogens is 1. The average Bonchev–Trinajstić information content (AvgIpc) is 2.37. The largest absolute Gasteiger partial charge is 0.354 e. The van der Waals surface area contributed by atoms with Crippen molar-refractivity contribution in [3.8, 4) is 0 Å². The third-order valence-corrected chi connectivity index (χ3v) is 7.03. The number of nitrogens with zero attached hydrogens (tertiary/aromatic N) is 3. The summed E-state index contributed by atoms with van der Waals surface area (Å²) < 4.78 is 35.7. The van der Waals surface area contributed by atoms with E-state index in [1.54, 1.807) is 12.1 Å². The molecule has 0 bridgehead atoms. The van der Waals surface area contributed by atoms with Crippen LogP contribution in [0.4, 0.5) is 5.82 Å². The Labute approximate surface area is 127 Å². The highest BCUT2D eigenvalue weighted by molar-refractivity contribution is 7.95. The van der Waals surface area contributed by atoms with Crippen LogP contribution in [0, 0.1) is 0 Å². The normalized spacial score (nSPS) is 18.0. The van der Waals surface area contributed by atoms with Gasteiger partial charge in [-0.1, -0.05) is 11.6 Å². The number of piperazine rings is 1. The summed E-state index contributed by atoms with van der Waals surface area (Å²) in [5, 5.41) is 0.515. The summed E-state index contributed by atoms with van der Waals surface area (Å²) in [4.78, 5) is 23.7. The van der Waals surface area contributed by atoms with E-state index in [1.165, 1.54) is 6.20 Å². The number of hydrogen-bond acceptors (Lipinski definition) is 5. The van der Waals surface area contributed by atoms with Crippen LogP contribution in [-0.2, 0) is 14.6 Å². The second-order valence-electron chi connectivity index (χ2n) is 4.63. The predicted octanol–water partition coefficient (Wildman–Crippen LogP) is 0.322. The van der Waals surface area contributed by atoms with Crippen LogP contribution in [0.1, 0.15) is 0 Å². The first kappa shape index (κ1) is 16.7. The maximum atomic E-state index is 11.9. The molecule has 0 atom stereocenters. The second kappa shape index (κ2) is 6.20. The van der Waals surface area contributed by atoms with Crippen LogP contribution in [0.2, 0.25) is 5.02 Å². The fraction of sp³-hybridized carbons (Fsp3) is 0.500. The molecule has 2 N–H and O–H groups in total. The van der Waals surface area contributed by atoms with Gasteiger partial charge in [0.25, 0.3) is 0 Å². The standard InChI is InChI=1S/C10H15ClN3O5PS/c11-9-1-2-10(12-7-9)13-3-5-14(6-4-13)21(18,19)8-20(15,16)17/h1-2,7H,3-6,8H2,(H2,15,16,17). The molecule has 11 heteroatoms. The van der Waals surface area contributed by atoms with E-state index in [-0.39, 0.29) is 13.1 Å². The molecule has 0 radical (unpaired) electrons. The Bertz CT molecular complexity index is 639. The summed E-state index contributed by atoms with van der Waals surface area (Å²) in [5.74, 6) is 0.687. The molecule has 1 saturated heterocycles. The number of halogens is 1. The van der Waals surface area contributed by atoms with Crippen LogP contribution in [0.25, 0.3) is 0 Å². The molecule has 0 unspecified atom stereocenters. The molecule has 2 rings (SSSR count). The lowest BCUT2D eigenvalue weighted by molar-refractivity contribution is 0.368. The first-order chi connectivity index (χ1) is 9.67. The van der Waals surface area contributed by atoms with Gasteiger partial charge in [-0.2, -0.15) is 4.31 Å². The van der Waals surface area contributed by atoms with Crippen molar-refractivity contribution in [3.05, 3.63) is 23.4 Å². The van der Waals surface area contributed by atoms with Gasteiger partial charge >= 0.3 is 7.60 Å². The van der Waals surface area contributed by atoms with E-state index in [4.69, 9.17) is 21.4 Å². The molecule has 0 aromatic carbocycles. The van der Waals surface area contributed by atoms with E-state index in [2.05, 4.69) is 4.98 Å². The molecule has 1 fully saturated rings. The average molecular weight is 356 g/mol. The van der Waals surface area contributed by atoms with Gasteiger partial charge in [0.2, 0.25) is 10.0 Å². The number of rotatable bonds is 4. The molecule has 8 nitrogen and oxygen atoms in total. The highest BCUT2D eigenvalue weighted by Gasteiger charge is 2.33. The van der Waals surface area contributed by atoms with Crippen molar-refractivity contribution in [2.24, 2.45) is 0 Å². The summed E-state index contributed by atoms with van der Waals surface area (Å²) in [7, 11) is -8.55. The summed E-state index contributed by atoms with van der Waals surface area (Å²) in [6.07, 6.45) is 1.51. The van der Waals surface area contributed by atoms with Crippen molar-refractivity contribution in [2.75, 3.05) is 36.6 Å². The Morgan fingerprint density at radius 2 is 1.86 bits per heavy atom. The Morgan fingerprint density at radius 3 is 2.33 bits per heavy atom. The zero-order chi connectivity index (χ0) is 15.7. The van der Waals surface area contributed by atoms with Crippen molar-refractivity contribution >= 4 is 35.0 Å². The van der Waals surface area contributed by atoms with Gasteiger partial charge in [0.15, 0.2) is 5.49 Å². The van der Waals surface area contributed by atoms with Crippen LogP contribution in [0.15, 0.2) is 18.3 Å². The molecule has 21 heavy (non-hydrogen) atoms. The number of pyridine rings is 1. The Hall–Kier alpha value is -0.700. The first-order valence-corrected chi connectivity index (χ1v) is 9.85. The summed E-state index contributed by atoms with van der Waals surface area (Å²) in [6, 6.07) is 3.43. The summed E-state index contributed by atoms with van der Waals surface area (Å²) >= 11 is 5.75. The van der Waals surface area contributed by atoms with Crippen molar-refractivity contribution in [1.82, 2.24) is 9.29 Å². The fourth-order valence-electron chi connectivity index (χ4n) is 2.04.